The normalized spacial score (nSPS) is 23.0. The van der Waals surface area contributed by atoms with Gasteiger partial charge in [0.15, 0.2) is 0 Å². The van der Waals surface area contributed by atoms with Crippen molar-refractivity contribution in [3.05, 3.63) is 11.9 Å². The molecule has 5 nitrogen and oxygen atoms in total. The second kappa shape index (κ2) is 5.95. The summed E-state index contributed by atoms with van der Waals surface area (Å²) in [5.41, 5.74) is 0. The molecule has 2 heterocycles. The molecule has 1 aliphatic carbocycles. The maximum atomic E-state index is 4.71. The van der Waals surface area contributed by atoms with Crippen LogP contribution in [0.5, 0.6) is 0 Å². The predicted octanol–water partition coefficient (Wildman–Crippen LogP) is 2.29. The molecule has 0 spiro atoms. The van der Waals surface area contributed by atoms with Crippen molar-refractivity contribution in [1.82, 2.24) is 14.9 Å². The van der Waals surface area contributed by atoms with Crippen molar-refractivity contribution in [2.75, 3.05) is 37.3 Å². The zero-order valence-electron chi connectivity index (χ0n) is 12.5. The first-order valence-corrected chi connectivity index (χ1v) is 7.82. The van der Waals surface area contributed by atoms with Crippen LogP contribution in [0.4, 0.5) is 11.6 Å². The highest BCUT2D eigenvalue weighted by molar-refractivity contribution is 5.49. The van der Waals surface area contributed by atoms with E-state index in [9.17, 15) is 0 Å². The Morgan fingerprint density at radius 3 is 2.70 bits per heavy atom. The molecule has 1 aromatic heterocycles. The van der Waals surface area contributed by atoms with Gasteiger partial charge >= 0.3 is 0 Å². The summed E-state index contributed by atoms with van der Waals surface area (Å²) in [4.78, 5) is 11.7. The Hall–Kier alpha value is -1.36. The van der Waals surface area contributed by atoms with Gasteiger partial charge in [0, 0.05) is 31.1 Å². The first-order valence-electron chi connectivity index (χ1n) is 7.82. The van der Waals surface area contributed by atoms with Gasteiger partial charge in [-0.1, -0.05) is 6.92 Å². The van der Waals surface area contributed by atoms with Gasteiger partial charge in [0.25, 0.3) is 0 Å². The number of rotatable bonds is 6. The smallest absolute Gasteiger partial charge is 0.136 e. The van der Waals surface area contributed by atoms with Gasteiger partial charge in [0.2, 0.25) is 0 Å². The third-order valence-electron chi connectivity index (χ3n) is 3.99. The topological polar surface area (TPSA) is 53.1 Å². The number of nitrogens with one attached hydrogen (secondary N) is 2. The summed E-state index contributed by atoms with van der Waals surface area (Å²) < 4.78 is 0. The van der Waals surface area contributed by atoms with E-state index >= 15 is 0 Å². The molecule has 20 heavy (non-hydrogen) atoms. The second-order valence-corrected chi connectivity index (χ2v) is 6.09. The Morgan fingerprint density at radius 2 is 2.05 bits per heavy atom. The first-order chi connectivity index (χ1) is 9.74. The maximum Gasteiger partial charge on any atom is 0.136 e. The molecule has 0 radical (unpaired) electrons. The third kappa shape index (κ3) is 3.39. The number of anilines is 2. The highest BCUT2D eigenvalue weighted by atomic mass is 15.2. The Labute approximate surface area is 121 Å². The van der Waals surface area contributed by atoms with Crippen molar-refractivity contribution in [2.24, 2.45) is 0 Å². The molecular formula is C15H25N5. The van der Waals surface area contributed by atoms with Crippen molar-refractivity contribution < 1.29 is 0 Å². The van der Waals surface area contributed by atoms with E-state index in [2.05, 4.69) is 40.6 Å². The van der Waals surface area contributed by atoms with E-state index in [-0.39, 0.29) is 0 Å². The van der Waals surface area contributed by atoms with E-state index in [4.69, 9.17) is 4.98 Å². The molecule has 1 atom stereocenters. The van der Waals surface area contributed by atoms with Gasteiger partial charge in [-0.2, -0.15) is 0 Å². The quantitative estimate of drug-likeness (QED) is 0.834. The van der Waals surface area contributed by atoms with Crippen LogP contribution in [0.3, 0.4) is 0 Å². The second-order valence-electron chi connectivity index (χ2n) is 6.09. The molecule has 0 amide bonds. The largest absolute Gasteiger partial charge is 0.370 e. The molecule has 110 valence electrons. The van der Waals surface area contributed by atoms with E-state index in [1.54, 1.807) is 0 Å². The van der Waals surface area contributed by atoms with Crippen molar-refractivity contribution in [1.29, 1.82) is 0 Å². The lowest BCUT2D eigenvalue weighted by Crippen LogP contribution is -2.24. The van der Waals surface area contributed by atoms with Crippen LogP contribution < -0.4 is 10.6 Å². The number of hydrogen-bond acceptors (Lipinski definition) is 5. The lowest BCUT2D eigenvalue weighted by Gasteiger charge is -2.15. The summed E-state index contributed by atoms with van der Waals surface area (Å²) in [6.07, 6.45) is 4.78. The molecule has 1 saturated carbocycles. The Kier molecular flexibility index (Phi) is 4.05. The number of likely N-dealkylation sites (N-methyl/N-ethyl adjacent to an activating group) is 1. The molecule has 1 aromatic rings. The molecule has 2 aliphatic rings. The lowest BCUT2D eigenvalue weighted by molar-refractivity contribution is 0.414. The van der Waals surface area contributed by atoms with E-state index < -0.39 is 0 Å². The highest BCUT2D eigenvalue weighted by Crippen LogP contribution is 2.38. The van der Waals surface area contributed by atoms with Crippen LogP contribution in [0.1, 0.15) is 44.3 Å². The van der Waals surface area contributed by atoms with Crippen molar-refractivity contribution in [2.45, 2.75) is 44.6 Å². The van der Waals surface area contributed by atoms with Gasteiger partial charge in [-0.3, -0.25) is 0 Å². The van der Waals surface area contributed by atoms with Crippen LogP contribution in [0.2, 0.25) is 0 Å². The molecule has 2 N–H and O–H groups in total. The molecule has 1 aliphatic heterocycles. The summed E-state index contributed by atoms with van der Waals surface area (Å²) in [5, 5.41) is 6.97. The summed E-state index contributed by atoms with van der Waals surface area (Å²) in [5.74, 6) is 3.56. The van der Waals surface area contributed by atoms with Crippen molar-refractivity contribution >= 4 is 11.6 Å². The standard InChI is InChI=1S/C15H25N5/c1-3-7-16-13-9-14(17-12-6-8-20(2)10-12)19-15(18-13)11-4-5-11/h9,11-12H,3-8,10H2,1-2H3,(H2,16,17,18,19). The number of aromatic nitrogens is 2. The van der Waals surface area contributed by atoms with Gasteiger partial charge in [0.05, 0.1) is 0 Å². The van der Waals surface area contributed by atoms with Crippen molar-refractivity contribution in [3.63, 3.8) is 0 Å². The molecule has 0 bridgehead atoms. The van der Waals surface area contributed by atoms with Crippen LogP contribution in [-0.2, 0) is 0 Å². The van der Waals surface area contributed by atoms with Crippen molar-refractivity contribution in [3.8, 4) is 0 Å². The van der Waals surface area contributed by atoms with Gasteiger partial charge in [-0.15, -0.1) is 0 Å². The van der Waals surface area contributed by atoms with Crippen LogP contribution >= 0.6 is 0 Å². The zero-order valence-corrected chi connectivity index (χ0v) is 12.5. The number of nitrogens with zero attached hydrogens (tertiary/aromatic N) is 3. The molecule has 3 rings (SSSR count). The Bertz CT molecular complexity index is 458. The van der Waals surface area contributed by atoms with E-state index in [0.29, 0.717) is 12.0 Å². The van der Waals surface area contributed by atoms with E-state index in [1.807, 2.05) is 0 Å². The molecule has 5 heteroatoms. The minimum atomic E-state index is 0.515. The summed E-state index contributed by atoms with van der Waals surface area (Å²) >= 11 is 0. The van der Waals surface area contributed by atoms with Gasteiger partial charge in [0.1, 0.15) is 17.5 Å². The van der Waals surface area contributed by atoms with Crippen LogP contribution in [0, 0.1) is 0 Å². The van der Waals surface area contributed by atoms with Crippen LogP contribution in [0.25, 0.3) is 0 Å². The minimum absolute atomic E-state index is 0.515. The summed E-state index contributed by atoms with van der Waals surface area (Å²) in [6, 6.07) is 2.57. The monoisotopic (exact) mass is 275 g/mol. The first kappa shape index (κ1) is 13.6. The Morgan fingerprint density at radius 1 is 1.25 bits per heavy atom. The molecule has 2 fully saturated rings. The lowest BCUT2D eigenvalue weighted by atomic mass is 10.2. The molecule has 1 saturated heterocycles. The zero-order chi connectivity index (χ0) is 13.9. The molecule has 1 unspecified atom stereocenters. The average Bonchev–Trinajstić information content (AvgIpc) is 3.21. The highest BCUT2D eigenvalue weighted by Gasteiger charge is 2.28. The fourth-order valence-electron chi connectivity index (χ4n) is 2.67. The van der Waals surface area contributed by atoms with Crippen LogP contribution in [-0.4, -0.2) is 47.6 Å². The fraction of sp³-hybridized carbons (Fsp3) is 0.733. The summed E-state index contributed by atoms with van der Waals surface area (Å²) in [6.45, 7) is 5.40. The predicted molar refractivity (Wildman–Crippen MR) is 82.3 cm³/mol. The fourth-order valence-corrected chi connectivity index (χ4v) is 2.67. The Balaban J connectivity index is 1.72. The average molecular weight is 275 g/mol. The van der Waals surface area contributed by atoms with Gasteiger partial charge < -0.3 is 15.5 Å². The SMILES string of the molecule is CCCNc1cc(NC2CCN(C)C2)nc(C2CC2)n1. The molecular weight excluding hydrogens is 250 g/mol. The van der Waals surface area contributed by atoms with Gasteiger partial charge in [-0.25, -0.2) is 9.97 Å². The van der Waals surface area contributed by atoms with Crippen LogP contribution in [0.15, 0.2) is 6.07 Å². The van der Waals surface area contributed by atoms with Gasteiger partial charge in [-0.05, 0) is 39.3 Å². The maximum absolute atomic E-state index is 4.71. The molecule has 0 aromatic carbocycles. The summed E-state index contributed by atoms with van der Waals surface area (Å²) in [7, 11) is 2.17. The number of likely N-dealkylation sites (tertiary alicyclic amines) is 1. The minimum Gasteiger partial charge on any atom is -0.370 e. The van der Waals surface area contributed by atoms with E-state index in [0.717, 1.165) is 37.0 Å². The third-order valence-corrected chi connectivity index (χ3v) is 3.99. The van der Waals surface area contributed by atoms with E-state index in [1.165, 1.54) is 25.8 Å². The number of hydrogen-bond donors (Lipinski definition) is 2.